The Labute approximate surface area is 124 Å². The Morgan fingerprint density at radius 2 is 2.40 bits per heavy atom. The second-order valence-electron chi connectivity index (χ2n) is 5.36. The van der Waals surface area contributed by atoms with E-state index in [-0.39, 0.29) is 17.4 Å². The van der Waals surface area contributed by atoms with Gasteiger partial charge < -0.3 is 10.6 Å². The summed E-state index contributed by atoms with van der Waals surface area (Å²) in [5.74, 6) is 0.195. The van der Waals surface area contributed by atoms with Gasteiger partial charge in [-0.3, -0.25) is 9.59 Å². The summed E-state index contributed by atoms with van der Waals surface area (Å²) in [6.45, 7) is 2.76. The molecule has 0 spiro atoms. The van der Waals surface area contributed by atoms with E-state index in [1.807, 2.05) is 11.4 Å². The molecule has 4 nitrogen and oxygen atoms in total. The van der Waals surface area contributed by atoms with E-state index in [9.17, 15) is 9.59 Å². The molecule has 5 heteroatoms. The molecule has 2 heterocycles. The average Bonchev–Trinajstić information content (AvgIpc) is 3.07. The van der Waals surface area contributed by atoms with Crippen LogP contribution >= 0.6 is 11.3 Å². The maximum absolute atomic E-state index is 11.8. The van der Waals surface area contributed by atoms with Gasteiger partial charge in [0.05, 0.1) is 0 Å². The minimum absolute atomic E-state index is 0.0792. The minimum Gasteiger partial charge on any atom is -0.356 e. The van der Waals surface area contributed by atoms with Gasteiger partial charge in [-0.1, -0.05) is 13.0 Å². The predicted molar refractivity (Wildman–Crippen MR) is 80.7 cm³/mol. The van der Waals surface area contributed by atoms with Crippen molar-refractivity contribution in [1.82, 2.24) is 10.6 Å². The zero-order chi connectivity index (χ0) is 14.4. The van der Waals surface area contributed by atoms with Crippen molar-refractivity contribution in [3.8, 4) is 0 Å². The summed E-state index contributed by atoms with van der Waals surface area (Å²) >= 11 is 1.71. The fourth-order valence-corrected chi connectivity index (χ4v) is 3.33. The van der Waals surface area contributed by atoms with Gasteiger partial charge in [0, 0.05) is 29.8 Å². The first-order chi connectivity index (χ1) is 9.63. The van der Waals surface area contributed by atoms with Gasteiger partial charge in [0.1, 0.15) is 0 Å². The van der Waals surface area contributed by atoms with Crippen LogP contribution in [-0.4, -0.2) is 23.9 Å². The fourth-order valence-electron chi connectivity index (χ4n) is 2.62. The van der Waals surface area contributed by atoms with Gasteiger partial charge in [-0.2, -0.15) is 0 Å². The molecule has 1 aromatic rings. The predicted octanol–water partition coefficient (Wildman–Crippen LogP) is 2.25. The molecule has 110 valence electrons. The van der Waals surface area contributed by atoms with E-state index in [1.165, 1.54) is 4.88 Å². The Morgan fingerprint density at radius 3 is 3.00 bits per heavy atom. The van der Waals surface area contributed by atoms with Crippen molar-refractivity contribution in [1.29, 1.82) is 0 Å². The molecule has 0 bridgehead atoms. The standard InChI is InChI=1S/C15H22N2O2S/c1-2-15(9-6-14(19)17-15)8-5-13(18)16-10-7-12-4-3-11-20-12/h3-4,11H,2,5-10H2,1H3,(H,16,18)(H,17,19). The number of nitrogens with one attached hydrogen (secondary N) is 2. The van der Waals surface area contributed by atoms with Crippen molar-refractivity contribution < 1.29 is 9.59 Å². The zero-order valence-electron chi connectivity index (χ0n) is 11.9. The molecule has 1 aliphatic heterocycles. The van der Waals surface area contributed by atoms with Crippen molar-refractivity contribution in [3.05, 3.63) is 22.4 Å². The van der Waals surface area contributed by atoms with Gasteiger partial charge in [0.15, 0.2) is 0 Å². The van der Waals surface area contributed by atoms with Crippen LogP contribution in [0.1, 0.15) is 43.9 Å². The van der Waals surface area contributed by atoms with Gasteiger partial charge in [-0.15, -0.1) is 11.3 Å². The topological polar surface area (TPSA) is 58.2 Å². The molecule has 0 aromatic carbocycles. The van der Waals surface area contributed by atoms with Crippen LogP contribution in [-0.2, 0) is 16.0 Å². The van der Waals surface area contributed by atoms with Crippen LogP contribution in [0, 0.1) is 0 Å². The monoisotopic (exact) mass is 294 g/mol. The van der Waals surface area contributed by atoms with Crippen LogP contribution in [0.15, 0.2) is 17.5 Å². The number of thiophene rings is 1. The highest BCUT2D eigenvalue weighted by molar-refractivity contribution is 7.09. The minimum atomic E-state index is -0.151. The van der Waals surface area contributed by atoms with E-state index in [4.69, 9.17) is 0 Å². The Kier molecular flexibility index (Phi) is 5.17. The number of amides is 2. The van der Waals surface area contributed by atoms with Crippen LogP contribution in [0.4, 0.5) is 0 Å². The lowest BCUT2D eigenvalue weighted by Gasteiger charge is -2.27. The Balaban J connectivity index is 1.68. The van der Waals surface area contributed by atoms with Gasteiger partial charge in [0.25, 0.3) is 0 Å². The maximum Gasteiger partial charge on any atom is 0.220 e. The molecule has 0 saturated carbocycles. The number of carbonyl (C=O) groups is 2. The molecule has 2 amide bonds. The Morgan fingerprint density at radius 1 is 1.55 bits per heavy atom. The molecular formula is C15H22N2O2S. The van der Waals surface area contributed by atoms with Crippen LogP contribution < -0.4 is 10.6 Å². The molecule has 1 saturated heterocycles. The third-order valence-electron chi connectivity index (χ3n) is 4.02. The van der Waals surface area contributed by atoms with Gasteiger partial charge in [-0.25, -0.2) is 0 Å². The summed E-state index contributed by atoms with van der Waals surface area (Å²) in [6, 6.07) is 4.10. The van der Waals surface area contributed by atoms with E-state index in [1.54, 1.807) is 11.3 Å². The van der Waals surface area contributed by atoms with E-state index >= 15 is 0 Å². The Bertz CT molecular complexity index is 458. The molecule has 0 aliphatic carbocycles. The van der Waals surface area contributed by atoms with E-state index in [2.05, 4.69) is 23.6 Å². The second kappa shape index (κ2) is 6.88. The van der Waals surface area contributed by atoms with Crippen LogP contribution in [0.5, 0.6) is 0 Å². The summed E-state index contributed by atoms with van der Waals surface area (Å²) in [5.41, 5.74) is -0.151. The van der Waals surface area contributed by atoms with Gasteiger partial charge >= 0.3 is 0 Å². The first kappa shape index (κ1) is 15.0. The van der Waals surface area contributed by atoms with E-state index in [0.29, 0.717) is 19.4 Å². The summed E-state index contributed by atoms with van der Waals surface area (Å²) in [6.07, 6.45) is 4.44. The van der Waals surface area contributed by atoms with Crippen molar-refractivity contribution >= 4 is 23.2 Å². The summed E-state index contributed by atoms with van der Waals surface area (Å²) in [4.78, 5) is 24.5. The van der Waals surface area contributed by atoms with Gasteiger partial charge in [0.2, 0.25) is 11.8 Å². The summed E-state index contributed by atoms with van der Waals surface area (Å²) in [5, 5.41) is 8.03. The maximum atomic E-state index is 11.8. The fraction of sp³-hybridized carbons (Fsp3) is 0.600. The Hall–Kier alpha value is -1.36. The molecule has 2 N–H and O–H groups in total. The highest BCUT2D eigenvalue weighted by Crippen LogP contribution is 2.28. The first-order valence-corrected chi connectivity index (χ1v) is 8.12. The lowest BCUT2D eigenvalue weighted by molar-refractivity contribution is -0.122. The summed E-state index contributed by atoms with van der Waals surface area (Å²) < 4.78 is 0. The zero-order valence-corrected chi connectivity index (χ0v) is 12.7. The van der Waals surface area contributed by atoms with Crippen molar-refractivity contribution in [3.63, 3.8) is 0 Å². The highest BCUT2D eigenvalue weighted by atomic mass is 32.1. The lowest BCUT2D eigenvalue weighted by Crippen LogP contribution is -2.42. The third-order valence-corrected chi connectivity index (χ3v) is 4.95. The smallest absolute Gasteiger partial charge is 0.220 e. The molecule has 1 aliphatic rings. The van der Waals surface area contributed by atoms with Crippen molar-refractivity contribution in [2.24, 2.45) is 0 Å². The van der Waals surface area contributed by atoms with Crippen LogP contribution in [0.25, 0.3) is 0 Å². The van der Waals surface area contributed by atoms with E-state index in [0.717, 1.165) is 25.7 Å². The van der Waals surface area contributed by atoms with Crippen molar-refractivity contribution in [2.75, 3.05) is 6.54 Å². The number of rotatable bonds is 7. The summed E-state index contributed by atoms with van der Waals surface area (Å²) in [7, 11) is 0. The third kappa shape index (κ3) is 4.07. The molecular weight excluding hydrogens is 272 g/mol. The van der Waals surface area contributed by atoms with E-state index < -0.39 is 0 Å². The molecule has 2 rings (SSSR count). The highest BCUT2D eigenvalue weighted by Gasteiger charge is 2.35. The largest absolute Gasteiger partial charge is 0.356 e. The number of hydrogen-bond donors (Lipinski definition) is 2. The normalized spacial score (nSPS) is 21.8. The van der Waals surface area contributed by atoms with Crippen LogP contribution in [0.3, 0.4) is 0 Å². The molecule has 20 heavy (non-hydrogen) atoms. The molecule has 1 atom stereocenters. The molecule has 0 radical (unpaired) electrons. The van der Waals surface area contributed by atoms with Crippen LogP contribution in [0.2, 0.25) is 0 Å². The quantitative estimate of drug-likeness (QED) is 0.810. The lowest BCUT2D eigenvalue weighted by atomic mass is 9.89. The second-order valence-corrected chi connectivity index (χ2v) is 6.39. The SMILES string of the molecule is CCC1(CCC(=O)NCCc2cccs2)CCC(=O)N1. The molecule has 1 aromatic heterocycles. The molecule has 1 fully saturated rings. The first-order valence-electron chi connectivity index (χ1n) is 7.24. The average molecular weight is 294 g/mol. The van der Waals surface area contributed by atoms with Crippen molar-refractivity contribution in [2.45, 2.75) is 51.0 Å². The molecule has 1 unspecified atom stereocenters. The number of hydrogen-bond acceptors (Lipinski definition) is 3. The number of carbonyl (C=O) groups excluding carboxylic acids is 2. The van der Waals surface area contributed by atoms with Gasteiger partial charge in [-0.05, 0) is 37.1 Å².